The maximum atomic E-state index is 12.1. The van der Waals surface area contributed by atoms with Gasteiger partial charge in [-0.2, -0.15) is 0 Å². The van der Waals surface area contributed by atoms with Crippen molar-refractivity contribution >= 4 is 5.91 Å². The van der Waals surface area contributed by atoms with E-state index in [-0.39, 0.29) is 5.91 Å². The first-order valence-corrected chi connectivity index (χ1v) is 6.48. The Morgan fingerprint density at radius 3 is 2.53 bits per heavy atom. The average Bonchev–Trinajstić information content (AvgIpc) is 2.37. The van der Waals surface area contributed by atoms with Crippen molar-refractivity contribution in [3.63, 3.8) is 0 Å². The van der Waals surface area contributed by atoms with Crippen LogP contribution in [0.25, 0.3) is 0 Å². The Labute approximate surface area is 115 Å². The molecule has 0 saturated heterocycles. The topological polar surface area (TPSA) is 38.8 Å². The summed E-state index contributed by atoms with van der Waals surface area (Å²) in [4.78, 5) is 13.6. The van der Waals surface area contributed by atoms with Gasteiger partial charge in [0.2, 0.25) is 0 Å². The Morgan fingerprint density at radius 1 is 1.32 bits per heavy atom. The van der Waals surface area contributed by atoms with Gasteiger partial charge in [0.25, 0.3) is 5.91 Å². The molecule has 0 N–H and O–H groups in total. The van der Waals surface area contributed by atoms with Gasteiger partial charge in [-0.1, -0.05) is 13.8 Å². The van der Waals surface area contributed by atoms with Crippen molar-refractivity contribution in [2.45, 2.75) is 20.3 Å². The third-order valence-electron chi connectivity index (χ3n) is 2.78. The van der Waals surface area contributed by atoms with Crippen LogP contribution in [-0.4, -0.2) is 38.6 Å². The van der Waals surface area contributed by atoms with E-state index in [4.69, 9.17) is 9.47 Å². The molecule has 1 amide bonds. The monoisotopic (exact) mass is 265 g/mol. The van der Waals surface area contributed by atoms with E-state index in [1.165, 1.54) is 4.90 Å². The largest absolute Gasteiger partial charge is 0.497 e. The maximum Gasteiger partial charge on any atom is 0.257 e. The van der Waals surface area contributed by atoms with E-state index >= 15 is 0 Å². The standard InChI is InChI=1S/C15H23NO3/c1-11(2)8-9-19-14-10-12(18-5)6-7-13(14)15(17)16(3)4/h6-7,10-11H,8-9H2,1-5H3. The molecule has 0 aromatic heterocycles. The van der Waals surface area contributed by atoms with Gasteiger partial charge in [0.1, 0.15) is 11.5 Å². The molecule has 0 spiro atoms. The molecule has 0 fully saturated rings. The fraction of sp³-hybridized carbons (Fsp3) is 0.533. The zero-order chi connectivity index (χ0) is 14.4. The van der Waals surface area contributed by atoms with Crippen LogP contribution in [0.2, 0.25) is 0 Å². The number of nitrogens with zero attached hydrogens (tertiary/aromatic N) is 1. The summed E-state index contributed by atoms with van der Waals surface area (Å²) in [5.41, 5.74) is 0.564. The van der Waals surface area contributed by atoms with Crippen LogP contribution in [0.15, 0.2) is 18.2 Å². The molecule has 0 bridgehead atoms. The third kappa shape index (κ3) is 4.47. The van der Waals surface area contributed by atoms with Crippen LogP contribution in [0.3, 0.4) is 0 Å². The smallest absolute Gasteiger partial charge is 0.257 e. The lowest BCUT2D eigenvalue weighted by molar-refractivity contribution is 0.0823. The highest BCUT2D eigenvalue weighted by atomic mass is 16.5. The van der Waals surface area contributed by atoms with Gasteiger partial charge in [-0.25, -0.2) is 0 Å². The van der Waals surface area contributed by atoms with Crippen LogP contribution in [0.5, 0.6) is 11.5 Å². The van der Waals surface area contributed by atoms with Gasteiger partial charge in [0, 0.05) is 20.2 Å². The number of methoxy groups -OCH3 is 1. The Hall–Kier alpha value is -1.71. The van der Waals surface area contributed by atoms with E-state index in [1.54, 1.807) is 39.4 Å². The number of rotatable bonds is 6. The van der Waals surface area contributed by atoms with Crippen LogP contribution in [-0.2, 0) is 0 Å². The van der Waals surface area contributed by atoms with Gasteiger partial charge in [0.15, 0.2) is 0 Å². The molecule has 1 aromatic rings. The molecule has 0 unspecified atom stereocenters. The molecule has 0 aliphatic heterocycles. The SMILES string of the molecule is COc1ccc(C(=O)N(C)C)c(OCCC(C)C)c1. The highest BCUT2D eigenvalue weighted by Gasteiger charge is 2.15. The molecule has 0 radical (unpaired) electrons. The van der Waals surface area contributed by atoms with E-state index < -0.39 is 0 Å². The zero-order valence-corrected chi connectivity index (χ0v) is 12.4. The number of hydrogen-bond acceptors (Lipinski definition) is 3. The van der Waals surface area contributed by atoms with Gasteiger partial charge in [-0.05, 0) is 24.5 Å². The number of benzene rings is 1. The van der Waals surface area contributed by atoms with E-state index in [0.717, 1.165) is 6.42 Å². The van der Waals surface area contributed by atoms with Crippen LogP contribution in [0.4, 0.5) is 0 Å². The highest BCUT2D eigenvalue weighted by Crippen LogP contribution is 2.26. The average molecular weight is 265 g/mol. The first-order chi connectivity index (χ1) is 8.95. The Balaban J connectivity index is 2.92. The lowest BCUT2D eigenvalue weighted by atomic mass is 10.1. The Kier molecular flexibility index (Phi) is 5.67. The summed E-state index contributed by atoms with van der Waals surface area (Å²) in [5.74, 6) is 1.77. The van der Waals surface area contributed by atoms with Gasteiger partial charge < -0.3 is 14.4 Å². The van der Waals surface area contributed by atoms with Crippen molar-refractivity contribution in [1.29, 1.82) is 0 Å². The minimum atomic E-state index is -0.0674. The summed E-state index contributed by atoms with van der Waals surface area (Å²) in [6.45, 7) is 4.88. The predicted octanol–water partition coefficient (Wildman–Crippen LogP) is 2.82. The molecule has 1 aromatic carbocycles. The summed E-state index contributed by atoms with van der Waals surface area (Å²) >= 11 is 0. The van der Waals surface area contributed by atoms with Gasteiger partial charge in [0.05, 0.1) is 19.3 Å². The highest BCUT2D eigenvalue weighted by molar-refractivity contribution is 5.96. The number of hydrogen-bond donors (Lipinski definition) is 0. The second kappa shape index (κ2) is 7.02. The van der Waals surface area contributed by atoms with Crippen molar-refractivity contribution < 1.29 is 14.3 Å². The summed E-state index contributed by atoms with van der Waals surface area (Å²) in [6, 6.07) is 5.27. The van der Waals surface area contributed by atoms with Gasteiger partial charge in [-0.15, -0.1) is 0 Å². The minimum Gasteiger partial charge on any atom is -0.497 e. The molecule has 0 aliphatic rings. The molecule has 1 rings (SSSR count). The first-order valence-electron chi connectivity index (χ1n) is 6.48. The van der Waals surface area contributed by atoms with Crippen LogP contribution in [0, 0.1) is 5.92 Å². The molecule has 4 nitrogen and oxygen atoms in total. The molecule has 0 heterocycles. The van der Waals surface area contributed by atoms with Gasteiger partial charge >= 0.3 is 0 Å². The summed E-state index contributed by atoms with van der Waals surface area (Å²) in [6.07, 6.45) is 0.951. The van der Waals surface area contributed by atoms with Crippen molar-refractivity contribution in [2.75, 3.05) is 27.8 Å². The molecule has 19 heavy (non-hydrogen) atoms. The number of ether oxygens (including phenoxy) is 2. The molecule has 4 heteroatoms. The van der Waals surface area contributed by atoms with Crippen molar-refractivity contribution in [3.8, 4) is 11.5 Å². The van der Waals surface area contributed by atoms with Crippen LogP contribution < -0.4 is 9.47 Å². The number of carbonyl (C=O) groups excluding carboxylic acids is 1. The molecule has 0 saturated carbocycles. The predicted molar refractivity (Wildman–Crippen MR) is 76.0 cm³/mol. The summed E-state index contributed by atoms with van der Waals surface area (Å²) in [7, 11) is 5.05. The van der Waals surface area contributed by atoms with Gasteiger partial charge in [-0.3, -0.25) is 4.79 Å². The zero-order valence-electron chi connectivity index (χ0n) is 12.4. The summed E-state index contributed by atoms with van der Waals surface area (Å²) in [5, 5.41) is 0. The van der Waals surface area contributed by atoms with E-state index in [9.17, 15) is 4.79 Å². The lowest BCUT2D eigenvalue weighted by Gasteiger charge is -2.16. The van der Waals surface area contributed by atoms with Crippen LogP contribution >= 0.6 is 0 Å². The van der Waals surface area contributed by atoms with Crippen molar-refractivity contribution in [2.24, 2.45) is 5.92 Å². The van der Waals surface area contributed by atoms with E-state index in [2.05, 4.69) is 13.8 Å². The molecule has 106 valence electrons. The molecule has 0 atom stereocenters. The molecular weight excluding hydrogens is 242 g/mol. The van der Waals surface area contributed by atoms with E-state index in [0.29, 0.717) is 29.6 Å². The quantitative estimate of drug-likeness (QED) is 0.794. The molecular formula is C15H23NO3. The summed E-state index contributed by atoms with van der Waals surface area (Å²) < 4.78 is 10.9. The Bertz CT molecular complexity index is 427. The maximum absolute atomic E-state index is 12.1. The second-order valence-electron chi connectivity index (χ2n) is 5.09. The Morgan fingerprint density at radius 2 is 2.00 bits per heavy atom. The van der Waals surface area contributed by atoms with Crippen molar-refractivity contribution in [1.82, 2.24) is 4.90 Å². The number of amides is 1. The fourth-order valence-corrected chi connectivity index (χ4v) is 1.57. The lowest BCUT2D eigenvalue weighted by Crippen LogP contribution is -2.22. The number of carbonyl (C=O) groups is 1. The second-order valence-corrected chi connectivity index (χ2v) is 5.09. The van der Waals surface area contributed by atoms with Crippen LogP contribution in [0.1, 0.15) is 30.6 Å². The first kappa shape index (κ1) is 15.3. The minimum absolute atomic E-state index is 0.0674. The van der Waals surface area contributed by atoms with E-state index in [1.807, 2.05) is 0 Å². The van der Waals surface area contributed by atoms with Crippen molar-refractivity contribution in [3.05, 3.63) is 23.8 Å². The molecule has 0 aliphatic carbocycles. The normalized spacial score (nSPS) is 10.4. The fourth-order valence-electron chi connectivity index (χ4n) is 1.57. The third-order valence-corrected chi connectivity index (χ3v) is 2.78.